The standard InChI is InChI=1S/C14H13N3O5/c1-9-12(6-7-22-9)14(19)16-15-13(18)8-10-2-4-11(5-3-10)17(20)21/h2-7H,8H2,1H3,(H,15,18)(H,16,19). The molecular weight excluding hydrogens is 290 g/mol. The molecule has 2 N–H and O–H groups in total. The summed E-state index contributed by atoms with van der Waals surface area (Å²) in [7, 11) is 0. The Kier molecular flexibility index (Phi) is 4.52. The SMILES string of the molecule is Cc1occc1C(=O)NNC(=O)Cc1ccc([N+](=O)[O-])cc1. The van der Waals surface area contributed by atoms with Crippen molar-refractivity contribution >= 4 is 17.5 Å². The van der Waals surface area contributed by atoms with Gasteiger partial charge in [-0.25, -0.2) is 0 Å². The van der Waals surface area contributed by atoms with E-state index in [4.69, 9.17) is 4.42 Å². The molecule has 0 saturated carbocycles. The minimum Gasteiger partial charge on any atom is -0.469 e. The van der Waals surface area contributed by atoms with Gasteiger partial charge >= 0.3 is 0 Å². The number of carbonyl (C=O) groups excluding carboxylic acids is 2. The van der Waals surface area contributed by atoms with Crippen molar-refractivity contribution in [1.29, 1.82) is 0 Å². The highest BCUT2D eigenvalue weighted by atomic mass is 16.6. The number of hydrogen-bond acceptors (Lipinski definition) is 5. The maximum absolute atomic E-state index is 11.7. The lowest BCUT2D eigenvalue weighted by Crippen LogP contribution is -2.42. The number of furan rings is 1. The third-order valence-corrected chi connectivity index (χ3v) is 2.93. The molecule has 22 heavy (non-hydrogen) atoms. The van der Waals surface area contributed by atoms with Crippen LogP contribution in [0.5, 0.6) is 0 Å². The van der Waals surface area contributed by atoms with E-state index in [9.17, 15) is 19.7 Å². The quantitative estimate of drug-likeness (QED) is 0.656. The molecule has 0 unspecified atom stereocenters. The minimum atomic E-state index is -0.517. The van der Waals surface area contributed by atoms with Crippen LogP contribution >= 0.6 is 0 Å². The van der Waals surface area contributed by atoms with Gasteiger partial charge in [0.2, 0.25) is 5.91 Å². The van der Waals surface area contributed by atoms with Gasteiger partial charge in [0.05, 0.1) is 23.2 Å². The molecule has 8 heteroatoms. The first-order valence-corrected chi connectivity index (χ1v) is 6.34. The number of aryl methyl sites for hydroxylation is 1. The number of nitro groups is 1. The molecule has 2 rings (SSSR count). The summed E-state index contributed by atoms with van der Waals surface area (Å²) in [4.78, 5) is 33.5. The van der Waals surface area contributed by atoms with Crippen LogP contribution < -0.4 is 10.9 Å². The lowest BCUT2D eigenvalue weighted by molar-refractivity contribution is -0.384. The largest absolute Gasteiger partial charge is 0.469 e. The first kappa shape index (κ1) is 15.2. The predicted molar refractivity (Wildman–Crippen MR) is 75.9 cm³/mol. The van der Waals surface area contributed by atoms with E-state index in [1.807, 2.05) is 0 Å². The third kappa shape index (κ3) is 3.69. The second-order valence-corrected chi connectivity index (χ2v) is 4.49. The molecule has 0 atom stereocenters. The van der Waals surface area contributed by atoms with Crippen molar-refractivity contribution in [2.45, 2.75) is 13.3 Å². The molecule has 1 heterocycles. The van der Waals surface area contributed by atoms with E-state index in [1.54, 1.807) is 6.92 Å². The second kappa shape index (κ2) is 6.53. The van der Waals surface area contributed by atoms with Crippen LogP contribution in [0.2, 0.25) is 0 Å². The average Bonchev–Trinajstić information content (AvgIpc) is 2.91. The Balaban J connectivity index is 1.86. The van der Waals surface area contributed by atoms with Gasteiger partial charge in [-0.15, -0.1) is 0 Å². The predicted octanol–water partition coefficient (Wildman–Crippen LogP) is 1.50. The average molecular weight is 303 g/mol. The summed E-state index contributed by atoms with van der Waals surface area (Å²) in [5, 5.41) is 10.5. The topological polar surface area (TPSA) is 114 Å². The highest BCUT2D eigenvalue weighted by molar-refractivity contribution is 5.96. The Labute approximate surface area is 125 Å². The molecule has 1 aromatic carbocycles. The number of nitro benzene ring substituents is 1. The Bertz CT molecular complexity index is 706. The number of hydrogen-bond donors (Lipinski definition) is 2. The number of amides is 2. The number of carbonyl (C=O) groups is 2. The Morgan fingerprint density at radius 3 is 2.41 bits per heavy atom. The van der Waals surface area contributed by atoms with E-state index >= 15 is 0 Å². The van der Waals surface area contributed by atoms with Gasteiger partial charge in [0, 0.05) is 12.1 Å². The van der Waals surface area contributed by atoms with Gasteiger partial charge in [-0.05, 0) is 18.6 Å². The van der Waals surface area contributed by atoms with Crippen LogP contribution in [0.25, 0.3) is 0 Å². The molecule has 1 aromatic heterocycles. The molecule has 0 radical (unpaired) electrons. The van der Waals surface area contributed by atoms with Crippen molar-refractivity contribution in [3.05, 3.63) is 63.6 Å². The van der Waals surface area contributed by atoms with Crippen molar-refractivity contribution in [2.24, 2.45) is 0 Å². The molecule has 0 fully saturated rings. The molecule has 2 aromatic rings. The first-order chi connectivity index (χ1) is 10.5. The molecule has 114 valence electrons. The normalized spacial score (nSPS) is 10.0. The van der Waals surface area contributed by atoms with Crippen LogP contribution in [0, 0.1) is 17.0 Å². The van der Waals surface area contributed by atoms with Crippen LogP contribution in [-0.2, 0) is 11.2 Å². The van der Waals surface area contributed by atoms with Crippen LogP contribution in [0.1, 0.15) is 21.7 Å². The van der Waals surface area contributed by atoms with Crippen molar-refractivity contribution < 1.29 is 18.9 Å². The Morgan fingerprint density at radius 2 is 1.86 bits per heavy atom. The Morgan fingerprint density at radius 1 is 1.18 bits per heavy atom. The third-order valence-electron chi connectivity index (χ3n) is 2.93. The monoisotopic (exact) mass is 303 g/mol. The smallest absolute Gasteiger partial charge is 0.273 e. The summed E-state index contributed by atoms with van der Waals surface area (Å²) in [5.74, 6) is -0.478. The van der Waals surface area contributed by atoms with Crippen LogP contribution in [0.3, 0.4) is 0 Å². The number of nitrogens with zero attached hydrogens (tertiary/aromatic N) is 1. The molecule has 0 aliphatic carbocycles. The molecule has 2 amide bonds. The molecule has 0 spiro atoms. The van der Waals surface area contributed by atoms with Crippen LogP contribution in [-0.4, -0.2) is 16.7 Å². The van der Waals surface area contributed by atoms with Crippen molar-refractivity contribution in [2.75, 3.05) is 0 Å². The fourth-order valence-electron chi connectivity index (χ4n) is 1.78. The molecule has 8 nitrogen and oxygen atoms in total. The fourth-order valence-corrected chi connectivity index (χ4v) is 1.78. The number of non-ortho nitro benzene ring substituents is 1. The lowest BCUT2D eigenvalue weighted by Gasteiger charge is -2.06. The van der Waals surface area contributed by atoms with Crippen molar-refractivity contribution in [3.8, 4) is 0 Å². The van der Waals surface area contributed by atoms with Gasteiger partial charge in [-0.1, -0.05) is 12.1 Å². The Hall–Kier alpha value is -3.16. The first-order valence-electron chi connectivity index (χ1n) is 6.34. The molecule has 0 aliphatic heterocycles. The van der Waals surface area contributed by atoms with Gasteiger partial charge in [-0.2, -0.15) is 0 Å². The van der Waals surface area contributed by atoms with Gasteiger partial charge in [0.1, 0.15) is 5.76 Å². The maximum atomic E-state index is 11.7. The van der Waals surface area contributed by atoms with Crippen LogP contribution in [0.15, 0.2) is 41.0 Å². The molecule has 0 aliphatic rings. The van der Waals surface area contributed by atoms with E-state index in [1.165, 1.54) is 36.6 Å². The van der Waals surface area contributed by atoms with E-state index in [-0.39, 0.29) is 12.1 Å². The van der Waals surface area contributed by atoms with E-state index in [0.717, 1.165) is 0 Å². The molecular formula is C14H13N3O5. The van der Waals surface area contributed by atoms with Gasteiger partial charge in [-0.3, -0.25) is 30.6 Å². The van der Waals surface area contributed by atoms with E-state index in [2.05, 4.69) is 10.9 Å². The van der Waals surface area contributed by atoms with Gasteiger partial charge in [0.15, 0.2) is 0 Å². The number of benzene rings is 1. The summed E-state index contributed by atoms with van der Waals surface area (Å²) in [5.41, 5.74) is 5.41. The second-order valence-electron chi connectivity index (χ2n) is 4.49. The molecule has 0 saturated heterocycles. The fraction of sp³-hybridized carbons (Fsp3) is 0.143. The lowest BCUT2D eigenvalue weighted by atomic mass is 10.1. The van der Waals surface area contributed by atoms with Gasteiger partial charge < -0.3 is 4.42 Å². The highest BCUT2D eigenvalue weighted by Gasteiger charge is 2.12. The summed E-state index contributed by atoms with van der Waals surface area (Å²) in [6.45, 7) is 1.63. The summed E-state index contributed by atoms with van der Waals surface area (Å²) in [6.07, 6.45) is 1.37. The number of hydrazine groups is 1. The highest BCUT2D eigenvalue weighted by Crippen LogP contribution is 2.12. The van der Waals surface area contributed by atoms with E-state index < -0.39 is 16.7 Å². The van der Waals surface area contributed by atoms with Crippen molar-refractivity contribution in [1.82, 2.24) is 10.9 Å². The minimum absolute atomic E-state index is 0.0113. The number of nitrogens with one attached hydrogen (secondary N) is 2. The summed E-state index contributed by atoms with van der Waals surface area (Å²) in [6, 6.07) is 7.10. The van der Waals surface area contributed by atoms with Crippen LogP contribution in [0.4, 0.5) is 5.69 Å². The summed E-state index contributed by atoms with van der Waals surface area (Å²) >= 11 is 0. The molecule has 0 bridgehead atoms. The van der Waals surface area contributed by atoms with E-state index in [0.29, 0.717) is 16.9 Å². The van der Waals surface area contributed by atoms with Gasteiger partial charge in [0.25, 0.3) is 11.6 Å². The summed E-state index contributed by atoms with van der Waals surface area (Å²) < 4.78 is 4.99. The van der Waals surface area contributed by atoms with Crippen molar-refractivity contribution in [3.63, 3.8) is 0 Å². The zero-order chi connectivity index (χ0) is 16.1. The number of rotatable bonds is 4. The maximum Gasteiger partial charge on any atom is 0.273 e. The zero-order valence-corrected chi connectivity index (χ0v) is 11.7. The zero-order valence-electron chi connectivity index (χ0n) is 11.7.